The van der Waals surface area contributed by atoms with Crippen LogP contribution < -0.4 is 10.3 Å². The number of rotatable bonds is 7. The number of nitrogens with zero attached hydrogens (tertiary/aromatic N) is 2. The SMILES string of the molecule is O=CNOc1cccnc1CC(O)CN1CCCCC1. The Hall–Kier alpha value is -1.66. The molecule has 0 spiro atoms. The second-order valence-electron chi connectivity index (χ2n) is 5.01. The van der Waals surface area contributed by atoms with Gasteiger partial charge in [0.25, 0.3) is 0 Å². The monoisotopic (exact) mass is 279 g/mol. The van der Waals surface area contributed by atoms with Crippen LogP contribution in [0.4, 0.5) is 0 Å². The van der Waals surface area contributed by atoms with Crippen LogP contribution in [0.5, 0.6) is 5.75 Å². The number of aromatic nitrogens is 1. The molecule has 1 fully saturated rings. The number of carbonyl (C=O) groups is 1. The van der Waals surface area contributed by atoms with Gasteiger partial charge in [-0.25, -0.2) is 0 Å². The van der Waals surface area contributed by atoms with Crippen molar-refractivity contribution in [2.45, 2.75) is 31.8 Å². The Labute approximate surface area is 118 Å². The Bertz CT molecular complexity index is 422. The van der Waals surface area contributed by atoms with Crippen molar-refractivity contribution in [3.63, 3.8) is 0 Å². The Morgan fingerprint density at radius 1 is 1.45 bits per heavy atom. The van der Waals surface area contributed by atoms with Crippen molar-refractivity contribution in [1.29, 1.82) is 0 Å². The van der Waals surface area contributed by atoms with Crippen molar-refractivity contribution in [3.05, 3.63) is 24.0 Å². The molecule has 110 valence electrons. The fourth-order valence-corrected chi connectivity index (χ4v) is 2.48. The number of hydroxylamine groups is 1. The van der Waals surface area contributed by atoms with E-state index >= 15 is 0 Å². The highest BCUT2D eigenvalue weighted by Crippen LogP contribution is 2.17. The van der Waals surface area contributed by atoms with Gasteiger partial charge in [-0.05, 0) is 38.1 Å². The van der Waals surface area contributed by atoms with Crippen molar-refractivity contribution in [2.75, 3.05) is 19.6 Å². The first-order valence-corrected chi connectivity index (χ1v) is 7.00. The van der Waals surface area contributed by atoms with Crippen LogP contribution in [-0.2, 0) is 11.2 Å². The van der Waals surface area contributed by atoms with E-state index in [4.69, 9.17) is 4.84 Å². The molecule has 1 amide bonds. The van der Waals surface area contributed by atoms with Gasteiger partial charge in [-0.2, -0.15) is 5.48 Å². The number of aliphatic hydroxyl groups is 1. The van der Waals surface area contributed by atoms with Gasteiger partial charge >= 0.3 is 0 Å². The van der Waals surface area contributed by atoms with Crippen LogP contribution in [0.1, 0.15) is 25.0 Å². The van der Waals surface area contributed by atoms with E-state index in [1.807, 2.05) is 0 Å². The molecule has 1 aliphatic heterocycles. The van der Waals surface area contributed by atoms with E-state index in [2.05, 4.69) is 15.4 Å². The van der Waals surface area contributed by atoms with Crippen molar-refractivity contribution < 1.29 is 14.7 Å². The van der Waals surface area contributed by atoms with Crippen LogP contribution in [0.15, 0.2) is 18.3 Å². The smallest absolute Gasteiger partial charge is 0.239 e. The molecule has 0 aliphatic carbocycles. The van der Waals surface area contributed by atoms with E-state index in [0.717, 1.165) is 13.1 Å². The molecule has 2 heterocycles. The van der Waals surface area contributed by atoms with Gasteiger partial charge < -0.3 is 14.8 Å². The Morgan fingerprint density at radius 3 is 3.00 bits per heavy atom. The molecule has 6 heteroatoms. The first-order chi connectivity index (χ1) is 9.79. The zero-order chi connectivity index (χ0) is 14.2. The summed E-state index contributed by atoms with van der Waals surface area (Å²) in [4.78, 5) is 21.8. The predicted molar refractivity (Wildman–Crippen MR) is 74.1 cm³/mol. The van der Waals surface area contributed by atoms with Gasteiger partial charge in [-0.1, -0.05) is 6.42 Å². The quantitative estimate of drug-likeness (QED) is 0.562. The van der Waals surface area contributed by atoms with Gasteiger partial charge in [0.15, 0.2) is 5.75 Å². The third kappa shape index (κ3) is 4.47. The van der Waals surface area contributed by atoms with Crippen LogP contribution in [0.25, 0.3) is 0 Å². The molecule has 2 rings (SSSR count). The van der Waals surface area contributed by atoms with Crippen molar-refractivity contribution in [3.8, 4) is 5.75 Å². The lowest BCUT2D eigenvalue weighted by molar-refractivity contribution is -0.115. The van der Waals surface area contributed by atoms with E-state index in [0.29, 0.717) is 30.8 Å². The van der Waals surface area contributed by atoms with Crippen LogP contribution in [0, 0.1) is 0 Å². The summed E-state index contributed by atoms with van der Waals surface area (Å²) in [5, 5.41) is 10.2. The third-order valence-electron chi connectivity index (χ3n) is 3.41. The van der Waals surface area contributed by atoms with Gasteiger partial charge in [0, 0.05) is 19.2 Å². The van der Waals surface area contributed by atoms with E-state index in [9.17, 15) is 9.90 Å². The van der Waals surface area contributed by atoms with E-state index in [1.165, 1.54) is 19.3 Å². The number of likely N-dealkylation sites (tertiary alicyclic amines) is 1. The summed E-state index contributed by atoms with van der Waals surface area (Å²) >= 11 is 0. The number of hydrogen-bond donors (Lipinski definition) is 2. The zero-order valence-electron chi connectivity index (χ0n) is 11.5. The highest BCUT2D eigenvalue weighted by atomic mass is 16.7. The van der Waals surface area contributed by atoms with Crippen LogP contribution in [0.2, 0.25) is 0 Å². The number of β-amino-alcohol motifs (C(OH)–C–C–N with tert-alkyl or cyclic N) is 1. The summed E-state index contributed by atoms with van der Waals surface area (Å²) in [6.45, 7) is 2.75. The summed E-state index contributed by atoms with van der Waals surface area (Å²) in [5.41, 5.74) is 2.79. The number of carbonyl (C=O) groups excluding carboxylic acids is 1. The second kappa shape index (κ2) is 7.81. The lowest BCUT2D eigenvalue weighted by atomic mass is 10.1. The molecule has 2 N–H and O–H groups in total. The highest BCUT2D eigenvalue weighted by Gasteiger charge is 2.17. The molecule has 0 radical (unpaired) electrons. The van der Waals surface area contributed by atoms with Gasteiger partial charge in [-0.3, -0.25) is 9.78 Å². The number of piperidine rings is 1. The van der Waals surface area contributed by atoms with Gasteiger partial charge in [0.1, 0.15) is 0 Å². The standard InChI is InChI=1S/C14H21N3O3/c18-11-16-20-14-5-4-6-15-13(14)9-12(19)10-17-7-2-1-3-8-17/h4-6,11-12,19H,1-3,7-10H2,(H,16,18). The summed E-state index contributed by atoms with van der Waals surface area (Å²) in [5.74, 6) is 0.470. The predicted octanol–water partition coefficient (Wildman–Crippen LogP) is 0.511. The minimum Gasteiger partial charge on any atom is -0.391 e. The van der Waals surface area contributed by atoms with Gasteiger partial charge in [-0.15, -0.1) is 0 Å². The maximum absolute atomic E-state index is 10.3. The molecule has 0 bridgehead atoms. The topological polar surface area (TPSA) is 74.7 Å². The van der Waals surface area contributed by atoms with Gasteiger partial charge in [0.05, 0.1) is 11.8 Å². The average molecular weight is 279 g/mol. The minimum absolute atomic E-state index is 0.410. The minimum atomic E-state index is -0.485. The first-order valence-electron chi connectivity index (χ1n) is 7.00. The molecule has 1 aliphatic rings. The Kier molecular flexibility index (Phi) is 5.76. The molecule has 0 saturated carbocycles. The number of hydrogen-bond acceptors (Lipinski definition) is 5. The molecule has 1 aromatic heterocycles. The maximum Gasteiger partial charge on any atom is 0.239 e. The molecule has 20 heavy (non-hydrogen) atoms. The normalized spacial score (nSPS) is 17.4. The van der Waals surface area contributed by atoms with E-state index in [1.54, 1.807) is 18.3 Å². The largest absolute Gasteiger partial charge is 0.391 e. The van der Waals surface area contributed by atoms with E-state index < -0.39 is 6.10 Å². The highest BCUT2D eigenvalue weighted by molar-refractivity contribution is 5.45. The zero-order valence-corrected chi connectivity index (χ0v) is 11.5. The molecule has 1 aromatic rings. The fourth-order valence-electron chi connectivity index (χ4n) is 2.48. The van der Waals surface area contributed by atoms with Crippen LogP contribution in [-0.4, -0.2) is 47.1 Å². The summed E-state index contributed by atoms with van der Waals surface area (Å²) in [7, 11) is 0. The maximum atomic E-state index is 10.3. The van der Waals surface area contributed by atoms with Crippen molar-refractivity contribution in [2.24, 2.45) is 0 Å². The average Bonchev–Trinajstić information content (AvgIpc) is 2.47. The van der Waals surface area contributed by atoms with Gasteiger partial charge in [0.2, 0.25) is 6.41 Å². The number of amides is 1. The molecule has 1 atom stereocenters. The number of pyridine rings is 1. The second-order valence-corrected chi connectivity index (χ2v) is 5.01. The molecule has 6 nitrogen and oxygen atoms in total. The van der Waals surface area contributed by atoms with Crippen LogP contribution >= 0.6 is 0 Å². The number of aliphatic hydroxyl groups excluding tert-OH is 1. The molecule has 0 aromatic carbocycles. The van der Waals surface area contributed by atoms with Crippen molar-refractivity contribution in [1.82, 2.24) is 15.4 Å². The number of nitrogens with one attached hydrogen (secondary N) is 1. The van der Waals surface area contributed by atoms with E-state index in [-0.39, 0.29) is 0 Å². The third-order valence-corrected chi connectivity index (χ3v) is 3.41. The molecular formula is C14H21N3O3. The summed E-state index contributed by atoms with van der Waals surface area (Å²) < 4.78 is 0. The summed E-state index contributed by atoms with van der Waals surface area (Å²) in [6, 6.07) is 3.44. The Balaban J connectivity index is 1.89. The Morgan fingerprint density at radius 2 is 2.25 bits per heavy atom. The van der Waals surface area contributed by atoms with Crippen LogP contribution in [0.3, 0.4) is 0 Å². The first kappa shape index (κ1) is 14.7. The molecule has 1 saturated heterocycles. The molecule has 1 unspecified atom stereocenters. The fraction of sp³-hybridized carbons (Fsp3) is 0.571. The summed E-state index contributed by atoms with van der Waals surface area (Å²) in [6.07, 6.45) is 5.72. The molecular weight excluding hydrogens is 258 g/mol. The lowest BCUT2D eigenvalue weighted by Crippen LogP contribution is -2.37. The lowest BCUT2D eigenvalue weighted by Gasteiger charge is -2.28. The van der Waals surface area contributed by atoms with Crippen molar-refractivity contribution >= 4 is 6.41 Å².